The van der Waals surface area contributed by atoms with Crippen LogP contribution in [-0.2, 0) is 13.2 Å². The van der Waals surface area contributed by atoms with Crippen LogP contribution in [0.15, 0.2) is 24.3 Å². The average Bonchev–Trinajstić information content (AvgIpc) is 3.16. The van der Waals surface area contributed by atoms with Crippen LogP contribution >= 0.6 is 0 Å². The molecule has 2 fully saturated rings. The van der Waals surface area contributed by atoms with Crippen LogP contribution in [0.1, 0.15) is 24.2 Å². The molecule has 1 aromatic heterocycles. The molecule has 4 rings (SSSR count). The molecule has 1 saturated carbocycles. The predicted molar refractivity (Wildman–Crippen MR) is 82.5 cm³/mol. The smallest absolute Gasteiger partial charge is 0.211 e. The number of tetrazole rings is 1. The van der Waals surface area contributed by atoms with Crippen molar-refractivity contribution in [3.63, 3.8) is 0 Å². The quantitative estimate of drug-likeness (QED) is 0.826. The van der Waals surface area contributed by atoms with E-state index >= 15 is 0 Å². The molecule has 23 heavy (non-hydrogen) atoms. The maximum atomic E-state index is 9.64. The largest absolute Gasteiger partial charge is 0.485 e. The summed E-state index contributed by atoms with van der Waals surface area (Å²) in [5.74, 6) is 2.02. The van der Waals surface area contributed by atoms with Gasteiger partial charge in [0.15, 0.2) is 6.61 Å². The molecule has 1 aliphatic carbocycles. The Labute approximate surface area is 134 Å². The van der Waals surface area contributed by atoms with Crippen LogP contribution in [0, 0.1) is 11.3 Å². The lowest BCUT2D eigenvalue weighted by Gasteiger charge is -2.42. The molecule has 122 valence electrons. The second-order valence-corrected chi connectivity index (χ2v) is 6.69. The standard InChI is InChI=1S/C16H21N5O2/c22-11-16-6-5-13(16)8-21(10-16)7-12-1-3-14(4-2-12)23-9-15-17-19-20-18-15/h1-4,13,22H,5-11H2,(H,17,18,19,20)/t13-,16+/m0/s1. The third kappa shape index (κ3) is 2.82. The first-order valence-electron chi connectivity index (χ1n) is 8.05. The monoisotopic (exact) mass is 315 g/mol. The number of aromatic nitrogens is 4. The summed E-state index contributed by atoms with van der Waals surface area (Å²) in [5.41, 5.74) is 1.46. The van der Waals surface area contributed by atoms with Crippen molar-refractivity contribution in [2.75, 3.05) is 19.7 Å². The second-order valence-electron chi connectivity index (χ2n) is 6.69. The van der Waals surface area contributed by atoms with Crippen LogP contribution in [0.2, 0.25) is 0 Å². The van der Waals surface area contributed by atoms with Gasteiger partial charge >= 0.3 is 0 Å². The lowest BCUT2D eigenvalue weighted by molar-refractivity contribution is 0.0131. The second kappa shape index (κ2) is 5.90. The highest BCUT2D eigenvalue weighted by atomic mass is 16.5. The van der Waals surface area contributed by atoms with Crippen LogP contribution in [0.4, 0.5) is 0 Å². The summed E-state index contributed by atoms with van der Waals surface area (Å²) in [6.45, 7) is 3.70. The third-order valence-corrected chi connectivity index (χ3v) is 5.28. The van der Waals surface area contributed by atoms with Gasteiger partial charge in [-0.05, 0) is 36.5 Å². The van der Waals surface area contributed by atoms with Gasteiger partial charge in [0, 0.05) is 25.0 Å². The molecule has 1 saturated heterocycles. The molecule has 0 amide bonds. The van der Waals surface area contributed by atoms with E-state index in [0.717, 1.165) is 25.4 Å². The molecule has 0 spiro atoms. The lowest BCUT2D eigenvalue weighted by Crippen LogP contribution is -2.42. The number of likely N-dealkylation sites (tertiary alicyclic amines) is 1. The molecule has 0 radical (unpaired) electrons. The van der Waals surface area contributed by atoms with Crippen LogP contribution in [0.25, 0.3) is 0 Å². The fraction of sp³-hybridized carbons (Fsp3) is 0.562. The van der Waals surface area contributed by atoms with Crippen molar-refractivity contribution in [1.29, 1.82) is 0 Å². The van der Waals surface area contributed by atoms with Gasteiger partial charge in [-0.25, -0.2) is 0 Å². The average molecular weight is 315 g/mol. The number of hydrogen-bond acceptors (Lipinski definition) is 6. The normalized spacial score (nSPS) is 26.7. The fourth-order valence-corrected chi connectivity index (χ4v) is 3.79. The van der Waals surface area contributed by atoms with Gasteiger partial charge in [0.1, 0.15) is 5.75 Å². The van der Waals surface area contributed by atoms with Crippen molar-refractivity contribution in [1.82, 2.24) is 25.5 Å². The first-order chi connectivity index (χ1) is 11.3. The molecule has 2 aliphatic rings. The highest BCUT2D eigenvalue weighted by Crippen LogP contribution is 2.51. The van der Waals surface area contributed by atoms with Gasteiger partial charge < -0.3 is 9.84 Å². The minimum Gasteiger partial charge on any atom is -0.485 e. The van der Waals surface area contributed by atoms with Crippen LogP contribution in [0.5, 0.6) is 5.75 Å². The molecule has 1 aliphatic heterocycles. The van der Waals surface area contributed by atoms with Gasteiger partial charge in [0.2, 0.25) is 5.82 Å². The Balaban J connectivity index is 1.32. The fourth-order valence-electron chi connectivity index (χ4n) is 3.79. The SMILES string of the molecule is OC[C@]12CC[C@H]1CN(Cc1ccc(OCc3nn[nH]n3)cc1)C2. The molecule has 2 N–H and O–H groups in total. The molecular weight excluding hydrogens is 294 g/mol. The summed E-state index contributed by atoms with van der Waals surface area (Å²) in [6.07, 6.45) is 2.44. The van der Waals surface area contributed by atoms with E-state index in [1.165, 1.54) is 18.4 Å². The number of nitrogens with one attached hydrogen (secondary N) is 1. The van der Waals surface area contributed by atoms with E-state index in [9.17, 15) is 5.11 Å². The van der Waals surface area contributed by atoms with Gasteiger partial charge in [-0.3, -0.25) is 4.90 Å². The number of aliphatic hydroxyl groups is 1. The maximum Gasteiger partial charge on any atom is 0.211 e. The summed E-state index contributed by atoms with van der Waals surface area (Å²) >= 11 is 0. The van der Waals surface area contributed by atoms with E-state index in [1.54, 1.807) is 0 Å². The summed E-state index contributed by atoms with van der Waals surface area (Å²) in [7, 11) is 0. The zero-order valence-corrected chi connectivity index (χ0v) is 13.0. The van der Waals surface area contributed by atoms with E-state index in [2.05, 4.69) is 37.7 Å². The van der Waals surface area contributed by atoms with Crippen molar-refractivity contribution in [2.45, 2.75) is 26.0 Å². The van der Waals surface area contributed by atoms with Crippen LogP contribution in [-0.4, -0.2) is 50.3 Å². The van der Waals surface area contributed by atoms with Crippen molar-refractivity contribution >= 4 is 0 Å². The van der Waals surface area contributed by atoms with Gasteiger partial charge in [-0.1, -0.05) is 17.3 Å². The van der Waals surface area contributed by atoms with E-state index in [0.29, 0.717) is 25.0 Å². The molecule has 0 unspecified atom stereocenters. The van der Waals surface area contributed by atoms with Gasteiger partial charge in [-0.2, -0.15) is 5.21 Å². The van der Waals surface area contributed by atoms with Crippen LogP contribution in [0.3, 0.4) is 0 Å². The molecule has 7 heteroatoms. The Morgan fingerprint density at radius 2 is 2.22 bits per heavy atom. The molecular formula is C16H21N5O2. The summed E-state index contributed by atoms with van der Waals surface area (Å²) < 4.78 is 5.62. The van der Waals surface area contributed by atoms with Crippen molar-refractivity contribution in [3.8, 4) is 5.75 Å². The minimum absolute atomic E-state index is 0.188. The Kier molecular flexibility index (Phi) is 3.74. The number of hydrogen-bond donors (Lipinski definition) is 2. The number of aliphatic hydroxyl groups excluding tert-OH is 1. The molecule has 2 atom stereocenters. The number of nitrogens with zero attached hydrogens (tertiary/aromatic N) is 4. The number of ether oxygens (including phenoxy) is 1. The molecule has 1 aromatic carbocycles. The van der Waals surface area contributed by atoms with Gasteiger partial charge in [0.25, 0.3) is 0 Å². The Morgan fingerprint density at radius 1 is 1.35 bits per heavy atom. The number of benzene rings is 1. The topological polar surface area (TPSA) is 87.2 Å². The highest BCUT2D eigenvalue weighted by molar-refractivity contribution is 5.27. The Bertz CT molecular complexity index is 641. The minimum atomic E-state index is 0.188. The first-order valence-corrected chi connectivity index (χ1v) is 8.05. The highest BCUT2D eigenvalue weighted by Gasteiger charge is 2.52. The molecule has 7 nitrogen and oxygen atoms in total. The number of H-pyrrole nitrogens is 1. The summed E-state index contributed by atoms with van der Waals surface area (Å²) in [4.78, 5) is 2.46. The predicted octanol–water partition coefficient (Wildman–Crippen LogP) is 0.983. The molecule has 2 heterocycles. The van der Waals surface area contributed by atoms with Crippen molar-refractivity contribution in [2.24, 2.45) is 11.3 Å². The third-order valence-electron chi connectivity index (χ3n) is 5.28. The van der Waals surface area contributed by atoms with E-state index in [1.807, 2.05) is 12.1 Å². The number of rotatable bonds is 6. The maximum absolute atomic E-state index is 9.64. The van der Waals surface area contributed by atoms with E-state index < -0.39 is 0 Å². The lowest BCUT2D eigenvalue weighted by atomic mass is 9.63. The number of fused-ring (bicyclic) bond motifs is 1. The summed E-state index contributed by atoms with van der Waals surface area (Å²) in [6, 6.07) is 8.14. The Hall–Kier alpha value is -1.99. The van der Waals surface area contributed by atoms with Gasteiger partial charge in [-0.15, -0.1) is 10.2 Å². The zero-order chi connectivity index (χ0) is 15.7. The zero-order valence-electron chi connectivity index (χ0n) is 13.0. The summed E-state index contributed by atoms with van der Waals surface area (Å²) in [5, 5.41) is 23.2. The number of aromatic amines is 1. The van der Waals surface area contributed by atoms with Crippen molar-refractivity contribution in [3.05, 3.63) is 35.7 Å². The van der Waals surface area contributed by atoms with Gasteiger partial charge in [0.05, 0.1) is 6.61 Å². The van der Waals surface area contributed by atoms with Crippen molar-refractivity contribution < 1.29 is 9.84 Å². The van der Waals surface area contributed by atoms with E-state index in [4.69, 9.17) is 4.74 Å². The first kappa shape index (κ1) is 14.6. The van der Waals surface area contributed by atoms with Crippen LogP contribution < -0.4 is 4.74 Å². The molecule has 0 bridgehead atoms. The van der Waals surface area contributed by atoms with E-state index in [-0.39, 0.29) is 5.41 Å². The molecule has 2 aromatic rings. The Morgan fingerprint density at radius 3 is 2.83 bits per heavy atom.